The maximum absolute atomic E-state index is 12.4. The number of carbonyl (C=O) groups excluding carboxylic acids is 1. The Bertz CT molecular complexity index is 710. The molecule has 0 unspecified atom stereocenters. The lowest BCUT2D eigenvalue weighted by Crippen LogP contribution is -2.55. The molecule has 1 amide bonds. The maximum Gasteiger partial charge on any atom is 0.387 e. The van der Waals surface area contributed by atoms with Gasteiger partial charge in [0, 0.05) is 19.1 Å². The molecular formula is C19H20F2N2O2. The molecule has 3 rings (SSSR count). The fourth-order valence-electron chi connectivity index (χ4n) is 3.06. The molecule has 4 nitrogen and oxygen atoms in total. The van der Waals surface area contributed by atoms with Gasteiger partial charge in [-0.25, -0.2) is 0 Å². The molecule has 0 spiro atoms. The van der Waals surface area contributed by atoms with Crippen molar-refractivity contribution < 1.29 is 18.3 Å². The Morgan fingerprint density at radius 2 is 1.88 bits per heavy atom. The van der Waals surface area contributed by atoms with E-state index in [1.165, 1.54) is 6.07 Å². The van der Waals surface area contributed by atoms with Crippen LogP contribution >= 0.6 is 0 Å². The summed E-state index contributed by atoms with van der Waals surface area (Å²) in [5, 5.41) is 3.14. The predicted molar refractivity (Wildman–Crippen MR) is 90.4 cm³/mol. The summed E-state index contributed by atoms with van der Waals surface area (Å²) in [6.45, 7) is -1.49. The summed E-state index contributed by atoms with van der Waals surface area (Å²) in [4.78, 5) is 14.2. The van der Waals surface area contributed by atoms with Crippen LogP contribution in [0.4, 0.5) is 8.78 Å². The Morgan fingerprint density at radius 3 is 2.64 bits per heavy atom. The normalized spacial score (nSPS) is 17.8. The fourth-order valence-corrected chi connectivity index (χ4v) is 3.06. The predicted octanol–water partition coefficient (Wildman–Crippen LogP) is 2.83. The highest BCUT2D eigenvalue weighted by Crippen LogP contribution is 2.20. The number of alkyl halides is 2. The molecule has 1 aliphatic heterocycles. The average Bonchev–Trinajstić information content (AvgIpc) is 2.59. The third-order valence-corrected chi connectivity index (χ3v) is 4.21. The second-order valence-electron chi connectivity index (χ2n) is 6.02. The first-order valence-electron chi connectivity index (χ1n) is 8.19. The molecule has 1 fully saturated rings. The molecule has 1 saturated heterocycles. The van der Waals surface area contributed by atoms with Gasteiger partial charge in [-0.2, -0.15) is 8.78 Å². The molecule has 132 valence electrons. The van der Waals surface area contributed by atoms with E-state index in [1.807, 2.05) is 41.3 Å². The second-order valence-corrected chi connectivity index (χ2v) is 6.02. The van der Waals surface area contributed by atoms with E-state index in [4.69, 9.17) is 0 Å². The van der Waals surface area contributed by atoms with Crippen LogP contribution in [-0.2, 0) is 17.8 Å². The molecule has 0 aromatic heterocycles. The fraction of sp³-hybridized carbons (Fsp3) is 0.316. The van der Waals surface area contributed by atoms with Gasteiger partial charge in [-0.1, -0.05) is 42.5 Å². The number of ether oxygens (including phenoxy) is 1. The summed E-state index contributed by atoms with van der Waals surface area (Å²) in [5.74, 6) is 0.113. The van der Waals surface area contributed by atoms with Gasteiger partial charge in [-0.15, -0.1) is 0 Å². The van der Waals surface area contributed by atoms with E-state index in [-0.39, 0.29) is 17.7 Å². The van der Waals surface area contributed by atoms with Crippen LogP contribution in [0, 0.1) is 0 Å². The average molecular weight is 346 g/mol. The standard InChI is InChI=1S/C19H20F2N2O2/c20-19(21)25-17-8-4-7-15(10-17)13-23-16(11-22-12-18(23)24)9-14-5-2-1-3-6-14/h1-8,10,16,19,22H,9,11-13H2/t16-/m0/s1. The molecule has 6 heteroatoms. The monoisotopic (exact) mass is 346 g/mol. The Labute approximate surface area is 145 Å². The summed E-state index contributed by atoms with van der Waals surface area (Å²) in [5.41, 5.74) is 1.93. The Hall–Kier alpha value is -2.47. The summed E-state index contributed by atoms with van der Waals surface area (Å²) in [6, 6.07) is 16.5. The van der Waals surface area contributed by atoms with Crippen LogP contribution in [0.5, 0.6) is 5.75 Å². The number of halogens is 2. The highest BCUT2D eigenvalue weighted by Gasteiger charge is 2.28. The van der Waals surface area contributed by atoms with Crippen molar-refractivity contribution in [2.75, 3.05) is 13.1 Å². The molecule has 2 aromatic carbocycles. The Balaban J connectivity index is 1.74. The summed E-state index contributed by atoms with van der Waals surface area (Å²) in [6.07, 6.45) is 0.743. The molecule has 0 saturated carbocycles. The number of hydrogen-bond acceptors (Lipinski definition) is 3. The third-order valence-electron chi connectivity index (χ3n) is 4.21. The number of carbonyl (C=O) groups is 1. The minimum atomic E-state index is -2.86. The van der Waals surface area contributed by atoms with Crippen LogP contribution in [0.3, 0.4) is 0 Å². The van der Waals surface area contributed by atoms with Crippen molar-refractivity contribution in [1.29, 1.82) is 0 Å². The zero-order valence-electron chi connectivity index (χ0n) is 13.7. The molecule has 25 heavy (non-hydrogen) atoms. The van der Waals surface area contributed by atoms with E-state index in [9.17, 15) is 13.6 Å². The van der Waals surface area contributed by atoms with Gasteiger partial charge in [0.15, 0.2) is 0 Å². The van der Waals surface area contributed by atoms with E-state index < -0.39 is 6.61 Å². The van der Waals surface area contributed by atoms with Crippen LogP contribution in [0.1, 0.15) is 11.1 Å². The van der Waals surface area contributed by atoms with Crippen LogP contribution in [-0.4, -0.2) is 36.5 Å². The number of nitrogens with one attached hydrogen (secondary N) is 1. The van der Waals surface area contributed by atoms with E-state index in [0.717, 1.165) is 17.5 Å². The molecule has 1 heterocycles. The molecular weight excluding hydrogens is 326 g/mol. The van der Waals surface area contributed by atoms with Crippen LogP contribution in [0.2, 0.25) is 0 Å². The van der Waals surface area contributed by atoms with Crippen molar-refractivity contribution >= 4 is 5.91 Å². The van der Waals surface area contributed by atoms with Gasteiger partial charge in [-0.05, 0) is 29.7 Å². The highest BCUT2D eigenvalue weighted by molar-refractivity contribution is 5.79. The minimum Gasteiger partial charge on any atom is -0.435 e. The van der Waals surface area contributed by atoms with Crippen molar-refractivity contribution in [3.05, 3.63) is 65.7 Å². The molecule has 1 atom stereocenters. The SMILES string of the molecule is O=C1CNC[C@H](Cc2ccccc2)N1Cc1cccc(OC(F)F)c1. The van der Waals surface area contributed by atoms with Crippen LogP contribution in [0.15, 0.2) is 54.6 Å². The highest BCUT2D eigenvalue weighted by atomic mass is 19.3. The molecule has 1 aliphatic rings. The molecule has 0 bridgehead atoms. The van der Waals surface area contributed by atoms with Crippen molar-refractivity contribution in [2.24, 2.45) is 0 Å². The van der Waals surface area contributed by atoms with E-state index in [0.29, 0.717) is 19.6 Å². The summed E-state index contributed by atoms with van der Waals surface area (Å²) >= 11 is 0. The second kappa shape index (κ2) is 8.07. The Morgan fingerprint density at radius 1 is 1.12 bits per heavy atom. The van der Waals surface area contributed by atoms with Gasteiger partial charge in [0.05, 0.1) is 6.54 Å². The van der Waals surface area contributed by atoms with Crippen molar-refractivity contribution in [3.8, 4) is 5.75 Å². The molecule has 2 aromatic rings. The third kappa shape index (κ3) is 4.76. The molecule has 0 aliphatic carbocycles. The van der Waals surface area contributed by atoms with E-state index >= 15 is 0 Å². The van der Waals surface area contributed by atoms with Gasteiger partial charge in [0.1, 0.15) is 5.75 Å². The first kappa shape index (κ1) is 17.4. The Kier molecular flexibility index (Phi) is 5.60. The number of benzene rings is 2. The maximum atomic E-state index is 12.4. The van der Waals surface area contributed by atoms with Crippen molar-refractivity contribution in [3.63, 3.8) is 0 Å². The largest absolute Gasteiger partial charge is 0.435 e. The van der Waals surface area contributed by atoms with Gasteiger partial charge >= 0.3 is 6.61 Å². The van der Waals surface area contributed by atoms with Crippen LogP contribution < -0.4 is 10.1 Å². The zero-order valence-corrected chi connectivity index (χ0v) is 13.7. The number of hydrogen-bond donors (Lipinski definition) is 1. The number of piperazine rings is 1. The summed E-state index contributed by atoms with van der Waals surface area (Å²) in [7, 11) is 0. The lowest BCUT2D eigenvalue weighted by atomic mass is 10.0. The van der Waals surface area contributed by atoms with Crippen molar-refractivity contribution in [1.82, 2.24) is 10.2 Å². The lowest BCUT2D eigenvalue weighted by Gasteiger charge is -2.36. The van der Waals surface area contributed by atoms with Gasteiger partial charge in [0.2, 0.25) is 5.91 Å². The zero-order chi connectivity index (χ0) is 17.6. The van der Waals surface area contributed by atoms with E-state index in [2.05, 4.69) is 10.1 Å². The molecule has 1 N–H and O–H groups in total. The van der Waals surface area contributed by atoms with E-state index in [1.54, 1.807) is 12.1 Å². The molecule has 0 radical (unpaired) electrons. The summed E-state index contributed by atoms with van der Waals surface area (Å²) < 4.78 is 29.2. The minimum absolute atomic E-state index is 0.00682. The van der Waals surface area contributed by atoms with Gasteiger partial charge in [0.25, 0.3) is 0 Å². The first-order valence-corrected chi connectivity index (χ1v) is 8.19. The van der Waals surface area contributed by atoms with Gasteiger partial charge in [-0.3, -0.25) is 4.79 Å². The van der Waals surface area contributed by atoms with Gasteiger partial charge < -0.3 is 15.0 Å². The van der Waals surface area contributed by atoms with Crippen molar-refractivity contribution in [2.45, 2.75) is 25.6 Å². The first-order chi connectivity index (χ1) is 12.1. The number of amides is 1. The lowest BCUT2D eigenvalue weighted by molar-refractivity contribution is -0.135. The number of rotatable bonds is 6. The topological polar surface area (TPSA) is 41.6 Å². The quantitative estimate of drug-likeness (QED) is 0.875. The number of nitrogens with zero attached hydrogens (tertiary/aromatic N) is 1. The smallest absolute Gasteiger partial charge is 0.387 e. The van der Waals surface area contributed by atoms with Crippen LogP contribution in [0.25, 0.3) is 0 Å².